The molecule has 3 rings (SSSR count). The van der Waals surface area contributed by atoms with Crippen LogP contribution in [-0.2, 0) is 9.53 Å². The standard InChI is InChI=1S/C15H26N2O2/c1-10(2)7-17-8-12-6-13(14(9-17)19-12)15(18)16-11-4-3-5-11/h10-14H,3-9H2,1-2H3,(H,16,18)/t12-,13-,14-/m0/s1. The van der Waals surface area contributed by atoms with Gasteiger partial charge in [-0.1, -0.05) is 13.8 Å². The Kier molecular flexibility index (Phi) is 3.81. The van der Waals surface area contributed by atoms with Crippen LogP contribution in [0.5, 0.6) is 0 Å². The minimum atomic E-state index is 0.0859. The molecule has 0 aromatic rings. The third kappa shape index (κ3) is 2.95. The lowest BCUT2D eigenvalue weighted by molar-refractivity contribution is -0.129. The molecule has 2 saturated heterocycles. The number of hydrogen-bond acceptors (Lipinski definition) is 3. The van der Waals surface area contributed by atoms with Crippen LogP contribution < -0.4 is 5.32 Å². The van der Waals surface area contributed by atoms with E-state index in [2.05, 4.69) is 24.1 Å². The van der Waals surface area contributed by atoms with Gasteiger partial charge in [-0.2, -0.15) is 0 Å². The predicted molar refractivity (Wildman–Crippen MR) is 73.8 cm³/mol. The van der Waals surface area contributed by atoms with Crippen molar-refractivity contribution < 1.29 is 9.53 Å². The number of rotatable bonds is 4. The van der Waals surface area contributed by atoms with Gasteiger partial charge in [-0.3, -0.25) is 9.69 Å². The Bertz CT molecular complexity index is 341. The molecule has 0 aromatic carbocycles. The minimum absolute atomic E-state index is 0.0859. The molecule has 0 unspecified atom stereocenters. The first-order valence-electron chi connectivity index (χ1n) is 7.80. The second-order valence-corrected chi connectivity index (χ2v) is 6.89. The molecule has 3 atom stereocenters. The van der Waals surface area contributed by atoms with Crippen molar-refractivity contribution in [3.05, 3.63) is 0 Å². The summed E-state index contributed by atoms with van der Waals surface area (Å²) in [4.78, 5) is 14.8. The third-order valence-electron chi connectivity index (χ3n) is 4.64. The van der Waals surface area contributed by atoms with Crippen LogP contribution in [0, 0.1) is 11.8 Å². The van der Waals surface area contributed by atoms with Gasteiger partial charge in [0.2, 0.25) is 5.91 Å². The lowest BCUT2D eigenvalue weighted by Crippen LogP contribution is -2.48. The van der Waals surface area contributed by atoms with E-state index < -0.39 is 0 Å². The number of carbonyl (C=O) groups excluding carboxylic acids is 1. The van der Waals surface area contributed by atoms with E-state index in [9.17, 15) is 4.79 Å². The molecule has 1 N–H and O–H groups in total. The molecule has 4 heteroatoms. The molecule has 0 aromatic heterocycles. The number of nitrogens with one attached hydrogen (secondary N) is 1. The van der Waals surface area contributed by atoms with E-state index in [1.54, 1.807) is 0 Å². The highest BCUT2D eigenvalue weighted by atomic mass is 16.5. The highest BCUT2D eigenvalue weighted by Crippen LogP contribution is 2.33. The van der Waals surface area contributed by atoms with Crippen LogP contribution >= 0.6 is 0 Å². The molecule has 3 aliphatic rings. The zero-order valence-electron chi connectivity index (χ0n) is 12.1. The van der Waals surface area contributed by atoms with Crippen molar-refractivity contribution >= 4 is 5.91 Å². The fourth-order valence-corrected chi connectivity index (χ4v) is 3.54. The summed E-state index contributed by atoms with van der Waals surface area (Å²) in [6.45, 7) is 7.54. The topological polar surface area (TPSA) is 41.6 Å². The Morgan fingerprint density at radius 3 is 2.79 bits per heavy atom. The first kappa shape index (κ1) is 13.4. The zero-order valence-corrected chi connectivity index (χ0v) is 12.1. The predicted octanol–water partition coefficient (Wildman–Crippen LogP) is 1.40. The minimum Gasteiger partial charge on any atom is -0.371 e. The normalized spacial score (nSPS) is 35.4. The van der Waals surface area contributed by atoms with Crippen LogP contribution in [0.2, 0.25) is 0 Å². The van der Waals surface area contributed by atoms with Crippen molar-refractivity contribution in [1.29, 1.82) is 0 Å². The van der Waals surface area contributed by atoms with Crippen LogP contribution in [0.1, 0.15) is 39.5 Å². The van der Waals surface area contributed by atoms with Crippen molar-refractivity contribution in [3.8, 4) is 0 Å². The van der Waals surface area contributed by atoms with E-state index in [4.69, 9.17) is 4.74 Å². The maximum Gasteiger partial charge on any atom is 0.226 e. The molecule has 0 spiro atoms. The molecule has 1 amide bonds. The molecular formula is C15H26N2O2. The number of ether oxygens (including phenoxy) is 1. The SMILES string of the molecule is CC(C)CN1C[C@@H]2C[C@H](C(=O)NC3CCC3)[C@H](C1)O2. The van der Waals surface area contributed by atoms with Crippen molar-refractivity contribution in [2.45, 2.75) is 57.8 Å². The largest absolute Gasteiger partial charge is 0.371 e. The van der Waals surface area contributed by atoms with Crippen LogP contribution in [0.15, 0.2) is 0 Å². The van der Waals surface area contributed by atoms with Crippen molar-refractivity contribution in [2.75, 3.05) is 19.6 Å². The monoisotopic (exact) mass is 266 g/mol. The lowest BCUT2D eigenvalue weighted by atomic mass is 9.91. The molecule has 1 saturated carbocycles. The van der Waals surface area contributed by atoms with Gasteiger partial charge in [-0.25, -0.2) is 0 Å². The Labute approximate surface area is 115 Å². The second-order valence-electron chi connectivity index (χ2n) is 6.89. The molecule has 2 aliphatic heterocycles. The molecule has 0 radical (unpaired) electrons. The molecule has 108 valence electrons. The van der Waals surface area contributed by atoms with Gasteiger partial charge in [-0.05, 0) is 31.6 Å². The van der Waals surface area contributed by atoms with Gasteiger partial charge in [0.15, 0.2) is 0 Å². The molecule has 1 aliphatic carbocycles. The quantitative estimate of drug-likeness (QED) is 0.836. The third-order valence-corrected chi connectivity index (χ3v) is 4.64. The van der Waals surface area contributed by atoms with E-state index in [1.165, 1.54) is 6.42 Å². The van der Waals surface area contributed by atoms with Crippen LogP contribution in [-0.4, -0.2) is 48.7 Å². The van der Waals surface area contributed by atoms with Gasteiger partial charge < -0.3 is 10.1 Å². The highest BCUT2D eigenvalue weighted by molar-refractivity contribution is 5.80. The average molecular weight is 266 g/mol. The molecule has 2 heterocycles. The van der Waals surface area contributed by atoms with E-state index in [0.717, 1.165) is 38.9 Å². The van der Waals surface area contributed by atoms with Crippen LogP contribution in [0.4, 0.5) is 0 Å². The van der Waals surface area contributed by atoms with Crippen LogP contribution in [0.3, 0.4) is 0 Å². The summed E-state index contributed by atoms with van der Waals surface area (Å²) in [7, 11) is 0. The smallest absolute Gasteiger partial charge is 0.226 e. The first-order chi connectivity index (χ1) is 9.11. The Balaban J connectivity index is 1.55. The fourth-order valence-electron chi connectivity index (χ4n) is 3.54. The summed E-state index contributed by atoms with van der Waals surface area (Å²) >= 11 is 0. The van der Waals surface area contributed by atoms with Crippen molar-refractivity contribution in [1.82, 2.24) is 10.2 Å². The van der Waals surface area contributed by atoms with Gasteiger partial charge in [0.1, 0.15) is 0 Å². The fraction of sp³-hybridized carbons (Fsp3) is 0.933. The van der Waals surface area contributed by atoms with Crippen LogP contribution in [0.25, 0.3) is 0 Å². The molecule has 2 bridgehead atoms. The van der Waals surface area contributed by atoms with Crippen molar-refractivity contribution in [3.63, 3.8) is 0 Å². The highest BCUT2D eigenvalue weighted by Gasteiger charge is 2.45. The zero-order chi connectivity index (χ0) is 13.4. The maximum atomic E-state index is 12.3. The first-order valence-corrected chi connectivity index (χ1v) is 7.80. The van der Waals surface area contributed by atoms with Gasteiger partial charge >= 0.3 is 0 Å². The number of nitrogens with zero attached hydrogens (tertiary/aromatic N) is 1. The van der Waals surface area contributed by atoms with Gasteiger partial charge in [0.25, 0.3) is 0 Å². The average Bonchev–Trinajstić information content (AvgIpc) is 2.58. The van der Waals surface area contributed by atoms with E-state index in [0.29, 0.717) is 12.0 Å². The molecule has 19 heavy (non-hydrogen) atoms. The number of morpholine rings is 1. The number of carbonyl (C=O) groups is 1. The lowest BCUT2D eigenvalue weighted by Gasteiger charge is -2.34. The Morgan fingerprint density at radius 1 is 1.37 bits per heavy atom. The molecular weight excluding hydrogens is 240 g/mol. The Hall–Kier alpha value is -0.610. The van der Waals surface area contributed by atoms with Gasteiger partial charge in [-0.15, -0.1) is 0 Å². The maximum absolute atomic E-state index is 12.3. The number of fused-ring (bicyclic) bond motifs is 2. The summed E-state index contributed by atoms with van der Waals surface area (Å²) in [5, 5.41) is 3.19. The Morgan fingerprint density at radius 2 is 2.16 bits per heavy atom. The summed E-state index contributed by atoms with van der Waals surface area (Å²) in [6, 6.07) is 0.444. The second kappa shape index (κ2) is 5.41. The summed E-state index contributed by atoms with van der Waals surface area (Å²) < 4.78 is 5.97. The van der Waals surface area contributed by atoms with E-state index >= 15 is 0 Å². The summed E-state index contributed by atoms with van der Waals surface area (Å²) in [5.41, 5.74) is 0. The van der Waals surface area contributed by atoms with Gasteiger partial charge in [0, 0.05) is 25.7 Å². The van der Waals surface area contributed by atoms with E-state index in [1.807, 2.05) is 0 Å². The molecule has 3 fully saturated rings. The molecule has 4 nitrogen and oxygen atoms in total. The number of hydrogen-bond donors (Lipinski definition) is 1. The van der Waals surface area contributed by atoms with Crippen molar-refractivity contribution in [2.24, 2.45) is 11.8 Å². The number of likely N-dealkylation sites (tertiary alicyclic amines) is 1. The number of amides is 1. The summed E-state index contributed by atoms with van der Waals surface area (Å²) in [6.07, 6.45) is 4.89. The summed E-state index contributed by atoms with van der Waals surface area (Å²) in [5.74, 6) is 1.01. The van der Waals surface area contributed by atoms with E-state index in [-0.39, 0.29) is 24.0 Å². The van der Waals surface area contributed by atoms with Gasteiger partial charge in [0.05, 0.1) is 18.1 Å².